The van der Waals surface area contributed by atoms with Gasteiger partial charge in [0.1, 0.15) is 19.6 Å². The van der Waals surface area contributed by atoms with Crippen molar-refractivity contribution in [1.29, 1.82) is 5.26 Å². The van der Waals surface area contributed by atoms with Gasteiger partial charge in [-0.3, -0.25) is 9.59 Å². The average Bonchev–Trinajstić information content (AvgIpc) is 2.91. The molecule has 16 nitrogen and oxygen atoms in total. The molecule has 0 fully saturated rings. The molecule has 0 unspecified atom stereocenters. The number of methoxy groups -OCH3 is 2. The van der Waals surface area contributed by atoms with Crippen molar-refractivity contribution in [3.8, 4) is 6.19 Å². The number of oxime groups is 2. The molecule has 0 aromatic heterocycles. The number of likely N-dealkylation sites (N-methyl/N-ethyl adjacent to an activating group) is 3. The van der Waals surface area contributed by atoms with E-state index in [0.29, 0.717) is 14.7 Å². The molecule has 2 rings (SSSR count). The Bertz CT molecular complexity index is 1110. The molecule has 0 amide bonds. The second-order valence-corrected chi connectivity index (χ2v) is 5.34. The summed E-state index contributed by atoms with van der Waals surface area (Å²) in [5.74, 6) is -3.33. The Morgan fingerprint density at radius 3 is 1.89 bits per heavy atom. The summed E-state index contributed by atoms with van der Waals surface area (Å²) >= 11 is 0. The summed E-state index contributed by atoms with van der Waals surface area (Å²) in [5.41, 5.74) is 10.3. The number of nitrogens with two attached hydrogens (primary N) is 2. The van der Waals surface area contributed by atoms with Crippen LogP contribution in [0.4, 0.5) is 0 Å². The van der Waals surface area contributed by atoms with E-state index in [0.717, 1.165) is 7.11 Å². The van der Waals surface area contributed by atoms with E-state index in [2.05, 4.69) is 29.5 Å². The molecule has 200 valence electrons. The van der Waals surface area contributed by atoms with Gasteiger partial charge in [0.2, 0.25) is 11.9 Å². The monoisotopic (exact) mass is 536 g/mol. The molecular formula is C18H33ClN8O8. The van der Waals surface area contributed by atoms with Crippen LogP contribution in [0, 0.1) is 11.5 Å². The molecule has 0 aromatic rings. The maximum atomic E-state index is 10.6. The van der Waals surface area contributed by atoms with Gasteiger partial charge < -0.3 is 45.3 Å². The molecular weight excluding hydrogens is 492 g/mol. The van der Waals surface area contributed by atoms with Gasteiger partial charge in [0, 0.05) is 43.8 Å². The standard InChI is InChI=1S/C5H8N2O2.C5H10O2.2C4H7N3O2.ClH/c1-7(4-6)3-5(8)9-2;1-3-4-5(6)7-2;2*1-7-2-3(8)9-6-4(7)5;/h3H2,1-2H3;3-4H2,1-2H3;2*2H2,1H3,(H2,5,6);1H/i4*1D3;. The Kier molecular flexibility index (Phi) is 10.3. The van der Waals surface area contributed by atoms with Crippen LogP contribution in [-0.2, 0) is 38.3 Å². The van der Waals surface area contributed by atoms with Crippen molar-refractivity contribution in [2.24, 2.45) is 21.8 Å². The fourth-order valence-electron chi connectivity index (χ4n) is 1.20. The van der Waals surface area contributed by atoms with Crippen LogP contribution in [0.5, 0.6) is 0 Å². The van der Waals surface area contributed by atoms with E-state index < -0.39 is 71.3 Å². The predicted octanol–water partition coefficient (Wildman–Crippen LogP) is -1.64. The van der Waals surface area contributed by atoms with Gasteiger partial charge in [-0.05, 0) is 16.7 Å². The maximum absolute atomic E-state index is 10.6. The highest BCUT2D eigenvalue weighted by Crippen LogP contribution is 1.94. The van der Waals surface area contributed by atoms with Crippen LogP contribution in [0.25, 0.3) is 0 Å². The number of guanidine groups is 2. The highest BCUT2D eigenvalue weighted by molar-refractivity contribution is 5.86. The number of ether oxygens (including phenoxy) is 2. The Morgan fingerprint density at radius 2 is 1.57 bits per heavy atom. The van der Waals surface area contributed by atoms with Crippen LogP contribution < -0.4 is 11.5 Å². The molecule has 0 aliphatic carbocycles. The SMILES string of the molecule is Cl.[2H]C([2H])([2H])CCC(=O)OC.[2H]C([2H])([2H])N(C#N)CC(=O)OC.[2H]C([2H])([2H])N1CC(=O)ON=C1N.[2H]C([2H])([2H])N1CC(=O)ON=C1N. The largest absolute Gasteiger partial charge is 0.469 e. The fraction of sp³-hybridized carbons (Fsp3) is 0.611. The van der Waals surface area contributed by atoms with Crippen LogP contribution in [0.2, 0.25) is 0 Å². The second-order valence-electron chi connectivity index (χ2n) is 5.34. The van der Waals surface area contributed by atoms with Crippen molar-refractivity contribution in [3.05, 3.63) is 0 Å². The molecule has 4 N–H and O–H groups in total. The first kappa shape index (κ1) is 17.4. The smallest absolute Gasteiger partial charge is 0.354 e. The Balaban J connectivity index is -0.000000547. The van der Waals surface area contributed by atoms with E-state index in [1.165, 1.54) is 13.3 Å². The fourth-order valence-corrected chi connectivity index (χ4v) is 1.20. The van der Waals surface area contributed by atoms with Crippen LogP contribution in [0.1, 0.15) is 36.1 Å². The summed E-state index contributed by atoms with van der Waals surface area (Å²) in [6.07, 6.45) is 1.23. The average molecular weight is 537 g/mol. The minimum absolute atomic E-state index is 0. The second kappa shape index (κ2) is 20.6. The molecule has 0 spiro atoms. The summed E-state index contributed by atoms with van der Waals surface area (Å²) in [4.78, 5) is 52.2. The van der Waals surface area contributed by atoms with Gasteiger partial charge in [-0.15, -0.1) is 12.4 Å². The third kappa shape index (κ3) is 19.2. The number of esters is 2. The lowest BCUT2D eigenvalue weighted by atomic mass is 10.3. The molecule has 0 radical (unpaired) electrons. The first-order valence-corrected chi connectivity index (χ1v) is 8.62. The molecule has 17 heteroatoms. The van der Waals surface area contributed by atoms with Crippen LogP contribution in [0.3, 0.4) is 0 Å². The number of nitriles is 1. The number of nitrogens with zero attached hydrogens (tertiary/aromatic N) is 6. The lowest BCUT2D eigenvalue weighted by molar-refractivity contribution is -0.146. The summed E-state index contributed by atoms with van der Waals surface area (Å²) < 4.78 is 90.6. The summed E-state index contributed by atoms with van der Waals surface area (Å²) in [6.45, 7) is -10.8. The molecule has 0 saturated carbocycles. The number of hydrogen-bond donors (Lipinski definition) is 2. The van der Waals surface area contributed by atoms with E-state index in [1.54, 1.807) is 0 Å². The summed E-state index contributed by atoms with van der Waals surface area (Å²) in [7, 11) is 2.36. The predicted molar refractivity (Wildman–Crippen MR) is 125 cm³/mol. The van der Waals surface area contributed by atoms with Crippen molar-refractivity contribution in [1.82, 2.24) is 14.7 Å². The quantitative estimate of drug-likeness (QED) is 0.178. The molecule has 2 aliphatic heterocycles. The van der Waals surface area contributed by atoms with Crippen LogP contribution in [-0.4, -0.2) is 105 Å². The van der Waals surface area contributed by atoms with Crippen LogP contribution >= 0.6 is 12.4 Å². The van der Waals surface area contributed by atoms with Gasteiger partial charge >= 0.3 is 23.9 Å². The molecule has 0 aromatic carbocycles. The van der Waals surface area contributed by atoms with Gasteiger partial charge in [0.05, 0.1) is 14.2 Å². The number of carbonyl (C=O) groups excluding carboxylic acids is 4. The summed E-state index contributed by atoms with van der Waals surface area (Å²) in [5, 5.41) is 14.5. The first-order valence-electron chi connectivity index (χ1n) is 14.6. The normalized spacial score (nSPS) is 19.9. The van der Waals surface area contributed by atoms with E-state index in [1.807, 2.05) is 0 Å². The highest BCUT2D eigenvalue weighted by atomic mass is 35.5. The zero-order chi connectivity index (χ0) is 36.7. The summed E-state index contributed by atoms with van der Waals surface area (Å²) in [6, 6.07) is 0. The topological polar surface area (TPSA) is 215 Å². The van der Waals surface area contributed by atoms with Gasteiger partial charge in [0.25, 0.3) is 0 Å². The third-order valence-electron chi connectivity index (χ3n) is 2.80. The Labute approximate surface area is 226 Å². The maximum Gasteiger partial charge on any atom is 0.354 e. The van der Waals surface area contributed by atoms with Gasteiger partial charge in [0.15, 0.2) is 6.19 Å². The number of halogens is 1. The zero-order valence-electron chi connectivity index (χ0n) is 30.5. The number of carbonyl (C=O) groups is 4. The van der Waals surface area contributed by atoms with Crippen molar-refractivity contribution < 1.29 is 54.8 Å². The highest BCUT2D eigenvalue weighted by Gasteiger charge is 2.16. The van der Waals surface area contributed by atoms with Crippen LogP contribution in [0.15, 0.2) is 10.3 Å². The Hall–Kier alpha value is -4.00. The van der Waals surface area contributed by atoms with E-state index in [9.17, 15) is 19.2 Å². The van der Waals surface area contributed by atoms with Gasteiger partial charge in [-0.25, -0.2) is 9.59 Å². The minimum atomic E-state index is -2.58. The zero-order valence-corrected chi connectivity index (χ0v) is 19.4. The molecule has 0 bridgehead atoms. The van der Waals surface area contributed by atoms with E-state index in [-0.39, 0.29) is 37.2 Å². The molecule has 0 saturated heterocycles. The van der Waals surface area contributed by atoms with Crippen molar-refractivity contribution in [3.63, 3.8) is 0 Å². The third-order valence-corrected chi connectivity index (χ3v) is 2.80. The van der Waals surface area contributed by atoms with Crippen molar-refractivity contribution in [2.45, 2.75) is 19.7 Å². The van der Waals surface area contributed by atoms with Gasteiger partial charge in [-0.2, -0.15) is 5.26 Å². The first-order chi connectivity index (χ1) is 20.7. The number of hydrogen-bond acceptors (Lipinski definition) is 16. The minimum Gasteiger partial charge on any atom is -0.469 e. The number of rotatable bonds is 4. The molecule has 0 atom stereocenters. The lowest BCUT2D eigenvalue weighted by Gasteiger charge is -2.18. The lowest BCUT2D eigenvalue weighted by Crippen LogP contribution is -2.41. The molecule has 2 heterocycles. The van der Waals surface area contributed by atoms with Gasteiger partial charge in [-0.1, -0.05) is 6.85 Å². The van der Waals surface area contributed by atoms with Crippen molar-refractivity contribution >= 4 is 48.2 Å². The Morgan fingerprint density at radius 1 is 1.09 bits per heavy atom. The van der Waals surface area contributed by atoms with Crippen molar-refractivity contribution in [2.75, 3.05) is 54.8 Å². The van der Waals surface area contributed by atoms with E-state index in [4.69, 9.17) is 33.2 Å². The molecule has 35 heavy (non-hydrogen) atoms. The van der Waals surface area contributed by atoms with E-state index >= 15 is 0 Å². The molecule has 2 aliphatic rings.